The van der Waals surface area contributed by atoms with E-state index in [0.717, 1.165) is 15.7 Å². The minimum atomic E-state index is -0.969. The Labute approximate surface area is 152 Å². The topological polar surface area (TPSA) is 125 Å². The van der Waals surface area contributed by atoms with Gasteiger partial charge in [0.2, 0.25) is 6.41 Å². The van der Waals surface area contributed by atoms with Gasteiger partial charge in [0, 0.05) is 12.6 Å². The molecule has 3 rings (SSSR count). The smallest absolute Gasteiger partial charge is 0.330 e. The number of H-pyrrole nitrogens is 1. The Balaban J connectivity index is 1.92. The molecule has 0 aliphatic carbocycles. The summed E-state index contributed by atoms with van der Waals surface area (Å²) in [5.41, 5.74) is -1.08. The molecule has 9 nitrogen and oxygen atoms in total. The maximum Gasteiger partial charge on any atom is 0.330 e. The first-order chi connectivity index (χ1) is 12.9. The van der Waals surface area contributed by atoms with Gasteiger partial charge in [-0.15, -0.1) is 0 Å². The van der Waals surface area contributed by atoms with E-state index in [0.29, 0.717) is 12.0 Å². The van der Waals surface area contributed by atoms with Crippen LogP contribution in [0.2, 0.25) is 0 Å². The number of nitrogens with one attached hydrogen (secondary N) is 1. The molecule has 2 heterocycles. The number of nitrogens with zero attached hydrogens (tertiary/aromatic N) is 2. The lowest BCUT2D eigenvalue weighted by molar-refractivity contribution is -0.107. The van der Waals surface area contributed by atoms with Crippen molar-refractivity contribution in [2.75, 3.05) is 11.5 Å². The van der Waals surface area contributed by atoms with Gasteiger partial charge in [0.1, 0.15) is 23.8 Å². The maximum atomic E-state index is 13.0. The van der Waals surface area contributed by atoms with Crippen molar-refractivity contribution >= 4 is 12.1 Å². The third kappa shape index (κ3) is 3.97. The normalized spacial score (nSPS) is 22.0. The van der Waals surface area contributed by atoms with Crippen LogP contribution in [-0.4, -0.2) is 45.0 Å². The largest absolute Gasteiger partial charge is 0.394 e. The molecule has 10 heteroatoms. The molecule has 1 aliphatic heterocycles. The molecule has 0 spiro atoms. The fraction of sp³-hybridized carbons (Fsp3) is 0.353. The van der Waals surface area contributed by atoms with E-state index in [-0.39, 0.29) is 18.7 Å². The Morgan fingerprint density at radius 2 is 2.04 bits per heavy atom. The number of hydrogen-bond acceptors (Lipinski definition) is 6. The van der Waals surface area contributed by atoms with Gasteiger partial charge in [-0.1, -0.05) is 12.1 Å². The number of carbonyl (C=O) groups excluding carboxylic acids is 1. The van der Waals surface area contributed by atoms with Gasteiger partial charge in [-0.3, -0.25) is 19.1 Å². The van der Waals surface area contributed by atoms with Crippen molar-refractivity contribution in [3.8, 4) is 0 Å². The zero-order chi connectivity index (χ0) is 19.6. The van der Waals surface area contributed by atoms with Gasteiger partial charge in [-0.05, 0) is 17.7 Å². The predicted molar refractivity (Wildman–Crippen MR) is 91.6 cm³/mol. The average molecular weight is 379 g/mol. The van der Waals surface area contributed by atoms with E-state index < -0.39 is 42.1 Å². The summed E-state index contributed by atoms with van der Waals surface area (Å²) in [4.78, 5) is 39.0. The molecule has 0 radical (unpaired) electrons. The second-order valence-electron chi connectivity index (χ2n) is 6.16. The number of aromatic amines is 1. The highest BCUT2D eigenvalue weighted by molar-refractivity contribution is 5.74. The van der Waals surface area contributed by atoms with Gasteiger partial charge >= 0.3 is 5.69 Å². The van der Waals surface area contributed by atoms with Crippen LogP contribution in [0.3, 0.4) is 0 Å². The molecule has 1 fully saturated rings. The van der Waals surface area contributed by atoms with Crippen LogP contribution < -0.4 is 16.1 Å². The van der Waals surface area contributed by atoms with Crippen molar-refractivity contribution in [3.63, 3.8) is 0 Å². The van der Waals surface area contributed by atoms with Crippen LogP contribution in [0, 0.1) is 5.82 Å². The highest BCUT2D eigenvalue weighted by atomic mass is 19.1. The molecule has 0 saturated carbocycles. The number of benzene rings is 1. The number of aliphatic hydroxyl groups excluding tert-OH is 2. The van der Waals surface area contributed by atoms with E-state index >= 15 is 0 Å². The summed E-state index contributed by atoms with van der Waals surface area (Å²) in [6.07, 6.45) is -1.10. The molecule has 1 aromatic heterocycles. The van der Waals surface area contributed by atoms with Crippen molar-refractivity contribution in [1.82, 2.24) is 9.55 Å². The number of aliphatic hydroxyl groups is 2. The van der Waals surface area contributed by atoms with Crippen molar-refractivity contribution < 1.29 is 24.1 Å². The summed E-state index contributed by atoms with van der Waals surface area (Å²) < 4.78 is 19.5. The zero-order valence-corrected chi connectivity index (χ0v) is 14.1. The molecule has 3 atom stereocenters. The average Bonchev–Trinajstić information content (AvgIpc) is 3.02. The van der Waals surface area contributed by atoms with Crippen molar-refractivity contribution in [2.45, 2.75) is 31.4 Å². The molecular weight excluding hydrogens is 361 g/mol. The molecule has 144 valence electrons. The number of ether oxygens (including phenoxy) is 1. The van der Waals surface area contributed by atoms with Crippen LogP contribution in [0.15, 0.2) is 40.1 Å². The van der Waals surface area contributed by atoms with Gasteiger partial charge in [0.15, 0.2) is 0 Å². The van der Waals surface area contributed by atoms with Gasteiger partial charge in [0.25, 0.3) is 5.56 Å². The quantitative estimate of drug-likeness (QED) is 0.580. The van der Waals surface area contributed by atoms with Crippen LogP contribution in [0.25, 0.3) is 0 Å². The van der Waals surface area contributed by atoms with E-state index in [2.05, 4.69) is 4.98 Å². The van der Waals surface area contributed by atoms with E-state index in [1.54, 1.807) is 0 Å². The first-order valence-corrected chi connectivity index (χ1v) is 8.19. The second-order valence-corrected chi connectivity index (χ2v) is 6.16. The van der Waals surface area contributed by atoms with Gasteiger partial charge in [0.05, 0.1) is 19.3 Å². The molecule has 3 N–H and O–H groups in total. The fourth-order valence-electron chi connectivity index (χ4n) is 2.91. The zero-order valence-electron chi connectivity index (χ0n) is 14.1. The Kier molecular flexibility index (Phi) is 5.49. The van der Waals surface area contributed by atoms with Crippen LogP contribution in [-0.2, 0) is 16.1 Å². The molecule has 1 saturated heterocycles. The number of aromatic nitrogens is 2. The monoisotopic (exact) mass is 379 g/mol. The van der Waals surface area contributed by atoms with Gasteiger partial charge in [-0.2, -0.15) is 0 Å². The molecule has 0 bridgehead atoms. The minimum absolute atomic E-state index is 0.0154. The SMILES string of the molecule is O=CN(Cc1ccc(F)cc1)c1cn([C@H]2C[C@H](O)[C@@H](CO)O2)c(=O)[nH]c1=O. The summed E-state index contributed by atoms with van der Waals surface area (Å²) >= 11 is 0. The predicted octanol–water partition coefficient (Wildman–Crippen LogP) is -0.521. The van der Waals surface area contributed by atoms with E-state index in [9.17, 15) is 23.9 Å². The minimum Gasteiger partial charge on any atom is -0.394 e. The summed E-state index contributed by atoms with van der Waals surface area (Å²) in [6.45, 7) is -0.438. The molecule has 2 aromatic rings. The molecule has 1 amide bonds. The number of carbonyl (C=O) groups is 1. The Morgan fingerprint density at radius 1 is 1.33 bits per heavy atom. The highest BCUT2D eigenvalue weighted by Gasteiger charge is 2.35. The lowest BCUT2D eigenvalue weighted by Crippen LogP contribution is -2.37. The number of rotatable bonds is 6. The van der Waals surface area contributed by atoms with E-state index in [4.69, 9.17) is 9.84 Å². The van der Waals surface area contributed by atoms with Crippen molar-refractivity contribution in [1.29, 1.82) is 0 Å². The van der Waals surface area contributed by atoms with Crippen molar-refractivity contribution in [2.24, 2.45) is 0 Å². The van der Waals surface area contributed by atoms with Crippen LogP contribution >= 0.6 is 0 Å². The van der Waals surface area contributed by atoms with E-state index in [1.807, 2.05) is 0 Å². The standard InChI is InChI=1S/C17H18FN3O6/c18-11-3-1-10(2-4-11)6-20(9-23)12-7-21(17(26)19-16(12)25)15-5-13(24)14(8-22)27-15/h1-4,7,9,13-15,22,24H,5-6,8H2,(H,19,25,26)/t13-,14+,15+/m0/s1. The molecule has 0 unspecified atom stereocenters. The molecular formula is C17H18FN3O6. The summed E-state index contributed by atoms with van der Waals surface area (Å²) in [7, 11) is 0. The van der Waals surface area contributed by atoms with Gasteiger partial charge in [-0.25, -0.2) is 9.18 Å². The van der Waals surface area contributed by atoms with Gasteiger partial charge < -0.3 is 19.8 Å². The summed E-state index contributed by atoms with van der Waals surface area (Å²) in [5.74, 6) is -0.432. The number of anilines is 1. The third-order valence-corrected chi connectivity index (χ3v) is 4.35. The number of amides is 1. The van der Waals surface area contributed by atoms with E-state index in [1.165, 1.54) is 24.3 Å². The first kappa shape index (κ1) is 19.0. The Morgan fingerprint density at radius 3 is 2.63 bits per heavy atom. The van der Waals surface area contributed by atoms with Crippen molar-refractivity contribution in [3.05, 3.63) is 62.7 Å². The van der Waals surface area contributed by atoms with Crippen LogP contribution in [0.1, 0.15) is 18.2 Å². The third-order valence-electron chi connectivity index (χ3n) is 4.35. The van der Waals surface area contributed by atoms with Crippen LogP contribution in [0.4, 0.5) is 10.1 Å². The lowest BCUT2D eigenvalue weighted by Gasteiger charge is -2.20. The number of halogens is 1. The molecule has 1 aromatic carbocycles. The first-order valence-electron chi connectivity index (χ1n) is 8.19. The Bertz CT molecular complexity index is 926. The second kappa shape index (κ2) is 7.82. The van der Waals surface area contributed by atoms with Crippen LogP contribution in [0.5, 0.6) is 0 Å². The Hall–Kier alpha value is -2.82. The highest BCUT2D eigenvalue weighted by Crippen LogP contribution is 2.27. The maximum absolute atomic E-state index is 13.0. The number of hydrogen-bond donors (Lipinski definition) is 3. The summed E-state index contributed by atoms with van der Waals surface area (Å²) in [5, 5.41) is 19.0. The summed E-state index contributed by atoms with van der Waals surface area (Å²) in [6, 6.07) is 5.40. The molecule has 1 aliphatic rings. The lowest BCUT2D eigenvalue weighted by atomic mass is 10.2. The molecule has 27 heavy (non-hydrogen) atoms. The fourth-order valence-corrected chi connectivity index (χ4v) is 2.91.